The van der Waals surface area contributed by atoms with Gasteiger partial charge in [0.05, 0.1) is 22.8 Å². The lowest BCUT2D eigenvalue weighted by atomic mass is 10.0. The van der Waals surface area contributed by atoms with Crippen LogP contribution >= 0.6 is 11.8 Å². The van der Waals surface area contributed by atoms with E-state index in [1.807, 2.05) is 49.4 Å². The van der Waals surface area contributed by atoms with Gasteiger partial charge in [-0.05, 0) is 56.9 Å². The molecule has 0 fully saturated rings. The maximum atomic E-state index is 13.4. The van der Waals surface area contributed by atoms with E-state index in [0.29, 0.717) is 5.69 Å². The van der Waals surface area contributed by atoms with E-state index < -0.39 is 0 Å². The lowest BCUT2D eigenvalue weighted by Crippen LogP contribution is -2.40. The fourth-order valence-electron chi connectivity index (χ4n) is 4.62. The average Bonchev–Trinajstić information content (AvgIpc) is 3.11. The van der Waals surface area contributed by atoms with E-state index >= 15 is 0 Å². The molecule has 1 aromatic heterocycles. The molecule has 32 heavy (non-hydrogen) atoms. The van der Waals surface area contributed by atoms with E-state index in [-0.39, 0.29) is 30.0 Å². The zero-order valence-corrected chi connectivity index (χ0v) is 18.9. The summed E-state index contributed by atoms with van der Waals surface area (Å²) >= 11 is 1.48. The van der Waals surface area contributed by atoms with Crippen LogP contribution in [0.15, 0.2) is 59.8 Å². The van der Waals surface area contributed by atoms with E-state index in [1.165, 1.54) is 17.5 Å². The van der Waals surface area contributed by atoms with Crippen LogP contribution in [-0.2, 0) is 22.4 Å². The summed E-state index contributed by atoms with van der Waals surface area (Å²) in [6, 6.07) is 17.5. The van der Waals surface area contributed by atoms with E-state index in [1.54, 1.807) is 4.90 Å². The molecule has 2 amide bonds. The number of para-hydroxylation sites is 3. The van der Waals surface area contributed by atoms with Gasteiger partial charge in [-0.15, -0.1) is 0 Å². The van der Waals surface area contributed by atoms with Gasteiger partial charge in [-0.2, -0.15) is 0 Å². The molecule has 1 N–H and O–H groups in total. The smallest absolute Gasteiger partial charge is 0.237 e. The SMILES string of the molecule is C[C@@H]1CC(=O)Nc2ccccc2N1C(=O)CSc1nc2c(n1-c1ccccc1)CCCC2. The molecule has 0 saturated heterocycles. The van der Waals surface area contributed by atoms with Crippen LogP contribution in [-0.4, -0.2) is 33.2 Å². The van der Waals surface area contributed by atoms with Gasteiger partial charge in [0.15, 0.2) is 5.16 Å². The Kier molecular flexibility index (Phi) is 5.74. The van der Waals surface area contributed by atoms with Gasteiger partial charge in [-0.1, -0.05) is 42.1 Å². The molecule has 7 heteroatoms. The van der Waals surface area contributed by atoms with Crippen LogP contribution in [0.25, 0.3) is 5.69 Å². The number of thioether (sulfide) groups is 1. The Bertz CT molecular complexity index is 1160. The molecule has 3 aromatic rings. The predicted octanol–water partition coefficient (Wildman–Crippen LogP) is 4.61. The monoisotopic (exact) mass is 446 g/mol. The highest BCUT2D eigenvalue weighted by Gasteiger charge is 2.30. The lowest BCUT2D eigenvalue weighted by molar-refractivity contribution is -0.117. The van der Waals surface area contributed by atoms with E-state index in [2.05, 4.69) is 22.0 Å². The fourth-order valence-corrected chi connectivity index (χ4v) is 5.53. The lowest BCUT2D eigenvalue weighted by Gasteiger charge is -2.27. The number of fused-ring (bicyclic) bond motifs is 2. The maximum Gasteiger partial charge on any atom is 0.237 e. The Balaban J connectivity index is 1.43. The topological polar surface area (TPSA) is 67.2 Å². The molecule has 2 aromatic carbocycles. The Hall–Kier alpha value is -3.06. The van der Waals surface area contributed by atoms with Crippen molar-refractivity contribution in [3.8, 4) is 5.69 Å². The first-order valence-electron chi connectivity index (χ1n) is 11.1. The van der Waals surface area contributed by atoms with Crippen LogP contribution in [0.1, 0.15) is 37.6 Å². The van der Waals surface area contributed by atoms with Gasteiger partial charge in [0, 0.05) is 23.8 Å². The number of aromatic nitrogens is 2. The summed E-state index contributed by atoms with van der Waals surface area (Å²) in [4.78, 5) is 32.4. The standard InChI is InChI=1S/C25H26N4O2S/c1-17-15-23(30)26-19-11-5-7-13-21(19)28(17)24(31)16-32-25-27-20-12-6-8-14-22(20)29(25)18-9-3-2-4-10-18/h2-5,7,9-11,13,17H,6,8,12,14-16H2,1H3,(H,26,30)/t17-/m1/s1. The van der Waals surface area contributed by atoms with Crippen LogP contribution in [0.5, 0.6) is 0 Å². The van der Waals surface area contributed by atoms with Crippen molar-refractivity contribution >= 4 is 35.0 Å². The summed E-state index contributed by atoms with van der Waals surface area (Å²) in [6.07, 6.45) is 4.59. The molecule has 0 spiro atoms. The van der Waals surface area contributed by atoms with Crippen molar-refractivity contribution in [1.29, 1.82) is 0 Å². The number of imidazole rings is 1. The number of nitrogens with one attached hydrogen (secondary N) is 1. The molecule has 0 unspecified atom stereocenters. The molecule has 6 nitrogen and oxygen atoms in total. The van der Waals surface area contributed by atoms with Gasteiger partial charge < -0.3 is 10.2 Å². The Morgan fingerprint density at radius 3 is 2.69 bits per heavy atom. The summed E-state index contributed by atoms with van der Waals surface area (Å²) in [5, 5.41) is 3.78. The number of rotatable bonds is 4. The third kappa shape index (κ3) is 3.93. The van der Waals surface area contributed by atoms with Crippen LogP contribution in [0.4, 0.5) is 11.4 Å². The van der Waals surface area contributed by atoms with Crippen molar-refractivity contribution in [1.82, 2.24) is 9.55 Å². The molecule has 1 aliphatic heterocycles. The molecule has 0 radical (unpaired) electrons. The number of amides is 2. The molecule has 1 atom stereocenters. The number of nitrogens with zero attached hydrogens (tertiary/aromatic N) is 3. The first-order valence-corrected chi connectivity index (χ1v) is 12.1. The number of carbonyl (C=O) groups excluding carboxylic acids is 2. The van der Waals surface area contributed by atoms with Crippen molar-refractivity contribution in [2.45, 2.75) is 50.2 Å². The van der Waals surface area contributed by atoms with Crippen molar-refractivity contribution < 1.29 is 9.59 Å². The first-order chi connectivity index (χ1) is 15.6. The Labute approximate surface area is 192 Å². The number of hydrogen-bond donors (Lipinski definition) is 1. The summed E-state index contributed by atoms with van der Waals surface area (Å²) < 4.78 is 2.22. The van der Waals surface area contributed by atoms with Crippen LogP contribution < -0.4 is 10.2 Å². The largest absolute Gasteiger partial charge is 0.324 e. The Morgan fingerprint density at radius 1 is 1.09 bits per heavy atom. The zero-order valence-electron chi connectivity index (χ0n) is 18.1. The number of carbonyl (C=O) groups is 2. The van der Waals surface area contributed by atoms with Crippen molar-refractivity contribution in [3.63, 3.8) is 0 Å². The van der Waals surface area contributed by atoms with Crippen LogP contribution in [0.2, 0.25) is 0 Å². The second-order valence-corrected chi connectivity index (χ2v) is 9.28. The molecular weight excluding hydrogens is 420 g/mol. The Morgan fingerprint density at radius 2 is 1.84 bits per heavy atom. The van der Waals surface area contributed by atoms with Gasteiger partial charge in [-0.25, -0.2) is 4.98 Å². The normalized spacial score (nSPS) is 17.8. The highest BCUT2D eigenvalue weighted by atomic mass is 32.2. The minimum atomic E-state index is -0.214. The number of aryl methyl sites for hydroxylation is 1. The van der Waals surface area contributed by atoms with Crippen molar-refractivity contribution in [3.05, 3.63) is 66.0 Å². The highest BCUT2D eigenvalue weighted by molar-refractivity contribution is 7.99. The average molecular weight is 447 g/mol. The zero-order chi connectivity index (χ0) is 22.1. The summed E-state index contributed by atoms with van der Waals surface area (Å²) in [5.74, 6) is 0.169. The third-order valence-corrected chi connectivity index (χ3v) is 6.99. The quantitative estimate of drug-likeness (QED) is 0.595. The number of benzene rings is 2. The van der Waals surface area contributed by atoms with Gasteiger partial charge in [0.2, 0.25) is 11.8 Å². The molecule has 0 saturated carbocycles. The predicted molar refractivity (Wildman–Crippen MR) is 128 cm³/mol. The molecule has 5 rings (SSSR count). The summed E-state index contributed by atoms with van der Waals surface area (Å²) in [6.45, 7) is 1.92. The third-order valence-electron chi connectivity index (χ3n) is 6.07. The van der Waals surface area contributed by atoms with Crippen LogP contribution in [0, 0.1) is 0 Å². The van der Waals surface area contributed by atoms with Gasteiger partial charge in [-0.3, -0.25) is 14.2 Å². The van der Waals surface area contributed by atoms with Gasteiger partial charge in [0.25, 0.3) is 0 Å². The highest BCUT2D eigenvalue weighted by Crippen LogP contribution is 2.34. The van der Waals surface area contributed by atoms with Crippen molar-refractivity contribution in [2.24, 2.45) is 0 Å². The second kappa shape index (κ2) is 8.82. The molecule has 2 aliphatic rings. The van der Waals surface area contributed by atoms with Gasteiger partial charge >= 0.3 is 0 Å². The van der Waals surface area contributed by atoms with Crippen LogP contribution in [0.3, 0.4) is 0 Å². The molecule has 1 aliphatic carbocycles. The molecule has 164 valence electrons. The number of hydrogen-bond acceptors (Lipinski definition) is 4. The molecular formula is C25H26N4O2S. The first kappa shape index (κ1) is 20.8. The van der Waals surface area contributed by atoms with Crippen molar-refractivity contribution in [2.75, 3.05) is 16.0 Å². The minimum Gasteiger partial charge on any atom is -0.324 e. The summed E-state index contributed by atoms with van der Waals surface area (Å²) in [7, 11) is 0. The fraction of sp³-hybridized carbons (Fsp3) is 0.320. The summed E-state index contributed by atoms with van der Waals surface area (Å²) in [5.41, 5.74) is 4.93. The maximum absolute atomic E-state index is 13.4. The second-order valence-electron chi connectivity index (χ2n) is 8.34. The van der Waals surface area contributed by atoms with E-state index in [4.69, 9.17) is 4.98 Å². The van der Waals surface area contributed by atoms with E-state index in [9.17, 15) is 9.59 Å². The van der Waals surface area contributed by atoms with E-state index in [0.717, 1.165) is 47.9 Å². The molecule has 2 heterocycles. The minimum absolute atomic E-state index is 0.0213. The molecule has 0 bridgehead atoms. The van der Waals surface area contributed by atoms with Gasteiger partial charge in [0.1, 0.15) is 0 Å². The number of anilines is 2.